The molecule has 0 aliphatic heterocycles. The van der Waals surface area contributed by atoms with E-state index in [1.807, 2.05) is 0 Å². The smallest absolute Gasteiger partial charge is 0.292 e. The zero-order valence-electron chi connectivity index (χ0n) is 11.4. The van der Waals surface area contributed by atoms with E-state index in [4.69, 9.17) is 5.73 Å². The second-order valence-corrected chi connectivity index (χ2v) is 4.59. The Morgan fingerprint density at radius 3 is 2.76 bits per heavy atom. The molecule has 0 aliphatic carbocycles. The Labute approximate surface area is 121 Å². The number of amides is 1. The Kier molecular flexibility index (Phi) is 4.13. The Morgan fingerprint density at radius 1 is 1.38 bits per heavy atom. The van der Waals surface area contributed by atoms with Gasteiger partial charge in [0.2, 0.25) is 5.91 Å². The third kappa shape index (κ3) is 3.75. The topological polar surface area (TPSA) is 111 Å². The summed E-state index contributed by atoms with van der Waals surface area (Å²) in [6.07, 6.45) is 1.48. The summed E-state index contributed by atoms with van der Waals surface area (Å²) < 4.78 is 0. The number of nitrogen functional groups attached to an aromatic ring is 1. The van der Waals surface area contributed by atoms with Gasteiger partial charge in [0.25, 0.3) is 5.69 Å². The van der Waals surface area contributed by atoms with Gasteiger partial charge in [-0.1, -0.05) is 6.07 Å². The normalized spacial score (nSPS) is 10.1. The van der Waals surface area contributed by atoms with Crippen molar-refractivity contribution in [3.63, 3.8) is 0 Å². The average molecular weight is 286 g/mol. The van der Waals surface area contributed by atoms with Crippen LogP contribution in [0.4, 0.5) is 17.1 Å². The molecule has 0 atom stereocenters. The molecule has 1 amide bonds. The molecule has 0 aliphatic rings. The van der Waals surface area contributed by atoms with Crippen molar-refractivity contribution in [3.8, 4) is 0 Å². The molecule has 0 unspecified atom stereocenters. The summed E-state index contributed by atoms with van der Waals surface area (Å²) in [5.74, 6) is -0.374. The van der Waals surface area contributed by atoms with Crippen LogP contribution in [0, 0.1) is 17.0 Å². The monoisotopic (exact) mass is 286 g/mol. The van der Waals surface area contributed by atoms with E-state index in [9.17, 15) is 14.9 Å². The van der Waals surface area contributed by atoms with Gasteiger partial charge in [-0.3, -0.25) is 19.9 Å². The van der Waals surface area contributed by atoms with Gasteiger partial charge in [0.05, 0.1) is 23.2 Å². The number of nitrogens with one attached hydrogen (secondary N) is 1. The van der Waals surface area contributed by atoms with Crippen LogP contribution in [0.1, 0.15) is 11.3 Å². The lowest BCUT2D eigenvalue weighted by atomic mass is 10.2. The first-order valence-corrected chi connectivity index (χ1v) is 6.21. The second-order valence-electron chi connectivity index (χ2n) is 4.59. The van der Waals surface area contributed by atoms with E-state index < -0.39 is 4.92 Å². The van der Waals surface area contributed by atoms with Crippen molar-refractivity contribution >= 4 is 23.0 Å². The van der Waals surface area contributed by atoms with E-state index in [0.717, 1.165) is 5.56 Å². The van der Waals surface area contributed by atoms with Gasteiger partial charge in [0, 0.05) is 11.8 Å². The fourth-order valence-corrected chi connectivity index (χ4v) is 1.81. The zero-order valence-corrected chi connectivity index (χ0v) is 11.4. The zero-order chi connectivity index (χ0) is 15.4. The number of nitro groups is 1. The molecular weight excluding hydrogens is 272 g/mol. The van der Waals surface area contributed by atoms with Crippen molar-refractivity contribution in [2.75, 3.05) is 11.1 Å². The van der Waals surface area contributed by atoms with E-state index in [1.54, 1.807) is 31.2 Å². The van der Waals surface area contributed by atoms with E-state index in [0.29, 0.717) is 11.4 Å². The summed E-state index contributed by atoms with van der Waals surface area (Å²) in [4.78, 5) is 26.4. The van der Waals surface area contributed by atoms with Crippen LogP contribution in [0.2, 0.25) is 0 Å². The molecular formula is C14H14N4O3. The number of aryl methyl sites for hydroxylation is 1. The van der Waals surface area contributed by atoms with Gasteiger partial charge >= 0.3 is 0 Å². The van der Waals surface area contributed by atoms with Gasteiger partial charge in [-0.15, -0.1) is 0 Å². The molecule has 1 aromatic heterocycles. The van der Waals surface area contributed by atoms with E-state index in [-0.39, 0.29) is 23.7 Å². The molecule has 108 valence electrons. The molecule has 21 heavy (non-hydrogen) atoms. The maximum absolute atomic E-state index is 11.9. The van der Waals surface area contributed by atoms with Crippen molar-refractivity contribution in [2.24, 2.45) is 0 Å². The number of anilines is 2. The van der Waals surface area contributed by atoms with Crippen molar-refractivity contribution in [3.05, 3.63) is 57.9 Å². The van der Waals surface area contributed by atoms with Crippen molar-refractivity contribution in [1.82, 2.24) is 4.98 Å². The molecule has 2 aromatic rings. The number of hydrogen-bond acceptors (Lipinski definition) is 5. The number of aromatic nitrogens is 1. The van der Waals surface area contributed by atoms with E-state index in [2.05, 4.69) is 10.3 Å². The number of carbonyl (C=O) groups is 1. The number of nitrogens with two attached hydrogens (primary N) is 1. The van der Waals surface area contributed by atoms with Gasteiger partial charge in [-0.25, -0.2) is 0 Å². The number of carbonyl (C=O) groups excluding carboxylic acids is 1. The number of nitrogens with zero attached hydrogens (tertiary/aromatic N) is 2. The lowest BCUT2D eigenvalue weighted by Gasteiger charge is -2.07. The maximum Gasteiger partial charge on any atom is 0.292 e. The summed E-state index contributed by atoms with van der Waals surface area (Å²) in [6.45, 7) is 1.79. The molecule has 0 fully saturated rings. The predicted molar refractivity (Wildman–Crippen MR) is 78.8 cm³/mol. The molecule has 2 rings (SSSR count). The maximum atomic E-state index is 11.9. The Bertz CT molecular complexity index is 683. The first-order chi connectivity index (χ1) is 9.95. The van der Waals surface area contributed by atoms with Gasteiger partial charge < -0.3 is 11.1 Å². The van der Waals surface area contributed by atoms with Crippen LogP contribution in [0.15, 0.2) is 36.5 Å². The molecule has 7 heteroatoms. The van der Waals surface area contributed by atoms with Gasteiger partial charge in [-0.05, 0) is 30.7 Å². The molecule has 0 radical (unpaired) electrons. The van der Waals surface area contributed by atoms with Crippen LogP contribution in [0.5, 0.6) is 0 Å². The molecule has 0 saturated heterocycles. The van der Waals surface area contributed by atoms with Crippen LogP contribution in [-0.2, 0) is 11.2 Å². The minimum absolute atomic E-state index is 0.0192. The molecule has 1 aromatic carbocycles. The summed E-state index contributed by atoms with van der Waals surface area (Å²) >= 11 is 0. The molecule has 0 bridgehead atoms. The first-order valence-electron chi connectivity index (χ1n) is 6.21. The predicted octanol–water partition coefficient (Wildman–Crippen LogP) is 2.06. The fraction of sp³-hybridized carbons (Fsp3) is 0.143. The largest absolute Gasteiger partial charge is 0.397 e. The van der Waals surface area contributed by atoms with E-state index in [1.165, 1.54) is 12.3 Å². The second kappa shape index (κ2) is 6.00. The van der Waals surface area contributed by atoms with Gasteiger partial charge in [0.15, 0.2) is 0 Å². The molecule has 3 N–H and O–H groups in total. The van der Waals surface area contributed by atoms with Crippen LogP contribution >= 0.6 is 0 Å². The lowest BCUT2D eigenvalue weighted by molar-refractivity contribution is -0.383. The third-order valence-electron chi connectivity index (χ3n) is 2.81. The number of pyridine rings is 1. The highest BCUT2D eigenvalue weighted by Crippen LogP contribution is 2.25. The highest BCUT2D eigenvalue weighted by atomic mass is 16.6. The summed E-state index contributed by atoms with van der Waals surface area (Å²) in [6, 6.07) is 7.83. The minimum Gasteiger partial charge on any atom is -0.397 e. The summed E-state index contributed by atoms with van der Waals surface area (Å²) in [5, 5.41) is 13.5. The quantitative estimate of drug-likeness (QED) is 0.660. The minimum atomic E-state index is -0.531. The first kappa shape index (κ1) is 14.4. The molecule has 0 spiro atoms. The molecule has 0 saturated carbocycles. The Morgan fingerprint density at radius 2 is 2.14 bits per heavy atom. The molecule has 7 nitrogen and oxygen atoms in total. The molecule has 1 heterocycles. The van der Waals surface area contributed by atoms with Crippen molar-refractivity contribution in [2.45, 2.75) is 13.3 Å². The number of benzene rings is 1. The highest BCUT2D eigenvalue weighted by Gasteiger charge is 2.16. The Balaban J connectivity index is 2.14. The van der Waals surface area contributed by atoms with Crippen LogP contribution in [-0.4, -0.2) is 15.8 Å². The Hall–Kier alpha value is -2.96. The van der Waals surface area contributed by atoms with Gasteiger partial charge in [0.1, 0.15) is 5.69 Å². The lowest BCUT2D eigenvalue weighted by Crippen LogP contribution is -2.16. The SMILES string of the molecule is Cc1ccc([N+](=O)[O-])c(NC(=O)Cc2ccc(N)cn2)c1. The van der Waals surface area contributed by atoms with Crippen LogP contribution < -0.4 is 11.1 Å². The standard InChI is InChI=1S/C14H14N4O3/c1-9-2-5-13(18(20)21)12(6-9)17-14(19)7-11-4-3-10(15)8-16-11/h2-6,8H,7,15H2,1H3,(H,17,19). The van der Waals surface area contributed by atoms with Crippen molar-refractivity contribution in [1.29, 1.82) is 0 Å². The average Bonchev–Trinajstić information content (AvgIpc) is 2.41. The fourth-order valence-electron chi connectivity index (χ4n) is 1.81. The van der Waals surface area contributed by atoms with Gasteiger partial charge in [-0.2, -0.15) is 0 Å². The number of nitro benzene ring substituents is 1. The third-order valence-corrected chi connectivity index (χ3v) is 2.81. The highest BCUT2D eigenvalue weighted by molar-refractivity contribution is 5.94. The van der Waals surface area contributed by atoms with Crippen LogP contribution in [0.25, 0.3) is 0 Å². The van der Waals surface area contributed by atoms with E-state index >= 15 is 0 Å². The summed E-state index contributed by atoms with van der Waals surface area (Å²) in [5.41, 5.74) is 7.42. The number of rotatable bonds is 4. The number of hydrogen-bond donors (Lipinski definition) is 2. The van der Waals surface area contributed by atoms with Crippen LogP contribution in [0.3, 0.4) is 0 Å². The van der Waals surface area contributed by atoms with Crippen molar-refractivity contribution < 1.29 is 9.72 Å². The summed E-state index contributed by atoms with van der Waals surface area (Å²) in [7, 11) is 0.